The average molecular weight is 506 g/mol. The predicted octanol–water partition coefficient (Wildman–Crippen LogP) is 3.93. The second-order valence-corrected chi connectivity index (χ2v) is 9.18. The highest BCUT2D eigenvalue weighted by Crippen LogP contribution is 2.33. The first-order valence-corrected chi connectivity index (χ1v) is 12.5. The molecule has 3 aromatic rings. The van der Waals surface area contributed by atoms with Gasteiger partial charge >= 0.3 is 6.03 Å². The van der Waals surface area contributed by atoms with E-state index in [1.807, 2.05) is 54.6 Å². The first-order valence-electron chi connectivity index (χ1n) is 12.5. The molecule has 0 bridgehead atoms. The molecule has 1 unspecified atom stereocenters. The number of fused-ring (bicyclic) bond motifs is 1. The number of amides is 3. The number of carbonyl (C=O) groups excluding carboxylic acids is 2. The molecule has 9 heteroatoms. The standard InChI is InChI=1S/C28H31N3O6/c32-27(19-31(18-24-9-5-13-35-24)28(33)29-15-21-6-2-1-3-7-21)30(17-23-8-4-12-34-23)16-22-10-11-25-26(14-22)37-20-36-25/h1-4,6-8,10-12,14,24H,5,9,13,15-20H2,(H,29,33). The van der Waals surface area contributed by atoms with Crippen LogP contribution in [0.1, 0.15) is 29.7 Å². The van der Waals surface area contributed by atoms with Crippen molar-refractivity contribution in [2.24, 2.45) is 0 Å². The summed E-state index contributed by atoms with van der Waals surface area (Å²) in [5.74, 6) is 1.81. The van der Waals surface area contributed by atoms with Crippen LogP contribution in [0.3, 0.4) is 0 Å². The fourth-order valence-corrected chi connectivity index (χ4v) is 4.48. The van der Waals surface area contributed by atoms with E-state index < -0.39 is 0 Å². The molecule has 1 aromatic heterocycles. The highest BCUT2D eigenvalue weighted by molar-refractivity contribution is 5.84. The molecule has 0 radical (unpaired) electrons. The zero-order valence-electron chi connectivity index (χ0n) is 20.6. The van der Waals surface area contributed by atoms with Gasteiger partial charge in [0, 0.05) is 26.2 Å². The molecule has 2 aliphatic heterocycles. The minimum absolute atomic E-state index is 0.0776. The van der Waals surface area contributed by atoms with E-state index in [1.165, 1.54) is 0 Å². The van der Waals surface area contributed by atoms with Crippen LogP contribution in [0.25, 0.3) is 0 Å². The van der Waals surface area contributed by atoms with Crippen molar-refractivity contribution in [1.82, 2.24) is 15.1 Å². The van der Waals surface area contributed by atoms with Crippen LogP contribution in [0.2, 0.25) is 0 Å². The van der Waals surface area contributed by atoms with Crippen LogP contribution in [0.5, 0.6) is 11.5 Å². The maximum absolute atomic E-state index is 13.6. The van der Waals surface area contributed by atoms with Crippen LogP contribution in [0.15, 0.2) is 71.3 Å². The Balaban J connectivity index is 1.30. The van der Waals surface area contributed by atoms with Gasteiger partial charge in [0.15, 0.2) is 11.5 Å². The molecule has 1 saturated heterocycles. The molecule has 1 atom stereocenters. The first kappa shape index (κ1) is 24.7. The van der Waals surface area contributed by atoms with Gasteiger partial charge in [0.1, 0.15) is 12.3 Å². The Morgan fingerprint density at radius 3 is 2.57 bits per heavy atom. The van der Waals surface area contributed by atoms with E-state index in [1.54, 1.807) is 22.1 Å². The third-order valence-electron chi connectivity index (χ3n) is 6.44. The zero-order chi connectivity index (χ0) is 25.5. The molecule has 37 heavy (non-hydrogen) atoms. The molecular weight excluding hydrogens is 474 g/mol. The normalized spacial score (nSPS) is 15.9. The van der Waals surface area contributed by atoms with E-state index in [0.29, 0.717) is 43.5 Å². The Bertz CT molecular complexity index is 1180. The van der Waals surface area contributed by atoms with E-state index in [2.05, 4.69) is 5.32 Å². The van der Waals surface area contributed by atoms with Crippen LogP contribution in [-0.2, 0) is 29.2 Å². The predicted molar refractivity (Wildman–Crippen MR) is 135 cm³/mol. The molecule has 2 aromatic carbocycles. The topological polar surface area (TPSA) is 93.5 Å². The van der Waals surface area contributed by atoms with Crippen LogP contribution in [0.4, 0.5) is 4.79 Å². The van der Waals surface area contributed by atoms with Crippen LogP contribution in [0, 0.1) is 0 Å². The second-order valence-electron chi connectivity index (χ2n) is 9.18. The van der Waals surface area contributed by atoms with Crippen molar-refractivity contribution in [1.29, 1.82) is 0 Å². The van der Waals surface area contributed by atoms with Crippen molar-refractivity contribution >= 4 is 11.9 Å². The summed E-state index contributed by atoms with van der Waals surface area (Å²) in [6, 6.07) is 18.6. The lowest BCUT2D eigenvalue weighted by atomic mass is 10.1. The lowest BCUT2D eigenvalue weighted by Crippen LogP contribution is -2.48. The van der Waals surface area contributed by atoms with Crippen LogP contribution in [-0.4, -0.2) is 54.3 Å². The summed E-state index contributed by atoms with van der Waals surface area (Å²) in [6.07, 6.45) is 3.32. The molecule has 0 saturated carbocycles. The van der Waals surface area contributed by atoms with E-state index in [-0.39, 0.29) is 37.9 Å². The van der Waals surface area contributed by atoms with Gasteiger partial charge in [-0.15, -0.1) is 0 Å². The van der Waals surface area contributed by atoms with E-state index >= 15 is 0 Å². The highest BCUT2D eigenvalue weighted by atomic mass is 16.7. The molecule has 3 amide bonds. The zero-order valence-corrected chi connectivity index (χ0v) is 20.6. The third-order valence-corrected chi connectivity index (χ3v) is 6.44. The Kier molecular flexibility index (Phi) is 7.90. The minimum atomic E-state index is -0.297. The van der Waals surface area contributed by atoms with E-state index in [0.717, 1.165) is 24.0 Å². The molecule has 9 nitrogen and oxygen atoms in total. The minimum Gasteiger partial charge on any atom is -0.467 e. The van der Waals surface area contributed by atoms with E-state index in [9.17, 15) is 9.59 Å². The van der Waals surface area contributed by atoms with Crippen LogP contribution >= 0.6 is 0 Å². The maximum Gasteiger partial charge on any atom is 0.318 e. The number of benzene rings is 2. The average Bonchev–Trinajstić information content (AvgIpc) is 3.70. The summed E-state index contributed by atoms with van der Waals surface area (Å²) < 4.78 is 22.2. The summed E-state index contributed by atoms with van der Waals surface area (Å²) in [5, 5.41) is 2.95. The van der Waals surface area contributed by atoms with Gasteiger partial charge in [-0.25, -0.2) is 4.79 Å². The summed E-state index contributed by atoms with van der Waals surface area (Å²) >= 11 is 0. The molecular formula is C28H31N3O6. The summed E-state index contributed by atoms with van der Waals surface area (Å²) in [5.41, 5.74) is 1.88. The van der Waals surface area contributed by atoms with Gasteiger partial charge in [-0.05, 0) is 48.2 Å². The number of ether oxygens (including phenoxy) is 3. The second kappa shape index (κ2) is 11.8. The number of furan rings is 1. The number of carbonyl (C=O) groups is 2. The number of urea groups is 1. The summed E-state index contributed by atoms with van der Waals surface area (Å²) in [4.78, 5) is 30.1. The van der Waals surface area contributed by atoms with Gasteiger partial charge in [-0.3, -0.25) is 4.79 Å². The fraction of sp³-hybridized carbons (Fsp3) is 0.357. The van der Waals surface area contributed by atoms with Gasteiger partial charge in [0.25, 0.3) is 0 Å². The quantitative estimate of drug-likeness (QED) is 0.449. The Labute approximate surface area is 215 Å². The van der Waals surface area contributed by atoms with Crippen molar-refractivity contribution < 1.29 is 28.2 Å². The number of rotatable bonds is 10. The lowest BCUT2D eigenvalue weighted by Gasteiger charge is -2.29. The Morgan fingerprint density at radius 2 is 1.78 bits per heavy atom. The molecule has 5 rings (SSSR count). The fourth-order valence-electron chi connectivity index (χ4n) is 4.48. The SMILES string of the molecule is O=C(CN(CC1CCCO1)C(=O)NCc1ccccc1)N(Cc1ccc2c(c1)OCO2)Cc1ccco1. The van der Waals surface area contributed by atoms with Crippen molar-refractivity contribution in [3.05, 3.63) is 83.8 Å². The Morgan fingerprint density at radius 1 is 0.919 bits per heavy atom. The van der Waals surface area contributed by atoms with Gasteiger partial charge in [0.05, 0.1) is 18.9 Å². The number of nitrogens with zero attached hydrogens (tertiary/aromatic N) is 2. The monoisotopic (exact) mass is 505 g/mol. The molecule has 1 fully saturated rings. The van der Waals surface area contributed by atoms with Crippen molar-refractivity contribution in [3.8, 4) is 11.5 Å². The Hall–Kier alpha value is -3.98. The van der Waals surface area contributed by atoms with Crippen molar-refractivity contribution in [3.63, 3.8) is 0 Å². The molecule has 0 spiro atoms. The third kappa shape index (κ3) is 6.62. The van der Waals surface area contributed by atoms with Crippen molar-refractivity contribution in [2.75, 3.05) is 26.5 Å². The largest absolute Gasteiger partial charge is 0.467 e. The number of nitrogens with one attached hydrogen (secondary N) is 1. The molecule has 2 aliphatic rings. The highest BCUT2D eigenvalue weighted by Gasteiger charge is 2.27. The maximum atomic E-state index is 13.6. The molecule has 194 valence electrons. The van der Waals surface area contributed by atoms with Crippen molar-refractivity contribution in [2.45, 2.75) is 38.6 Å². The van der Waals surface area contributed by atoms with Gasteiger partial charge in [0.2, 0.25) is 12.7 Å². The van der Waals surface area contributed by atoms with Crippen LogP contribution < -0.4 is 14.8 Å². The molecule has 3 heterocycles. The smallest absolute Gasteiger partial charge is 0.318 e. The summed E-state index contributed by atoms with van der Waals surface area (Å²) in [6.45, 7) is 2.12. The lowest BCUT2D eigenvalue weighted by molar-refractivity contribution is -0.133. The summed E-state index contributed by atoms with van der Waals surface area (Å²) in [7, 11) is 0. The number of hydrogen-bond acceptors (Lipinski definition) is 6. The molecule has 1 N–H and O–H groups in total. The first-order chi connectivity index (χ1) is 18.1. The van der Waals surface area contributed by atoms with Gasteiger partial charge in [-0.2, -0.15) is 0 Å². The number of hydrogen-bond donors (Lipinski definition) is 1. The van der Waals surface area contributed by atoms with Gasteiger partial charge < -0.3 is 33.7 Å². The van der Waals surface area contributed by atoms with E-state index in [4.69, 9.17) is 18.6 Å². The van der Waals surface area contributed by atoms with Gasteiger partial charge in [-0.1, -0.05) is 36.4 Å². The molecule has 0 aliphatic carbocycles.